The number of hydrogen-bond donors (Lipinski definition) is 0. The van der Waals surface area contributed by atoms with Gasteiger partial charge < -0.3 is 33.2 Å². The van der Waals surface area contributed by atoms with Gasteiger partial charge in [-0.3, -0.25) is 0 Å². The van der Waals surface area contributed by atoms with Gasteiger partial charge in [0.1, 0.15) is 42.9 Å². The summed E-state index contributed by atoms with van der Waals surface area (Å²) in [5.41, 5.74) is 4.58. The molecule has 1 aliphatic heterocycles. The predicted molar refractivity (Wildman–Crippen MR) is 193 cm³/mol. The Kier molecular flexibility index (Phi) is 13.4. The SMILES string of the molecule is COC(=O)c1ccc(OC[C@@H]2O[C@H](COCc3ccccc3)[C@@H](OCc3ccccc3)[C@H](OCc3ccccc3)[C@H]2OCc2ccccc2)cc1. The molecule has 1 heterocycles. The number of hydrogen-bond acceptors (Lipinski definition) is 8. The van der Waals surface area contributed by atoms with Crippen molar-refractivity contribution in [2.24, 2.45) is 0 Å². The molecule has 0 spiro atoms. The Balaban J connectivity index is 1.29. The van der Waals surface area contributed by atoms with Crippen molar-refractivity contribution in [1.29, 1.82) is 0 Å². The van der Waals surface area contributed by atoms with Gasteiger partial charge in [0.05, 0.1) is 45.7 Å². The smallest absolute Gasteiger partial charge is 0.337 e. The maximum absolute atomic E-state index is 12.0. The lowest BCUT2D eigenvalue weighted by Crippen LogP contribution is -2.62. The molecule has 6 rings (SSSR count). The molecule has 264 valence electrons. The van der Waals surface area contributed by atoms with Gasteiger partial charge in [0.2, 0.25) is 0 Å². The standard InChI is InChI=1S/C43H44O8/c1-45-43(44)36-22-24-37(25-23-36)47-31-39-41(49-28-34-18-10-4-11-19-34)42(50-29-35-20-12-5-13-21-35)40(48-27-33-16-8-3-9-17-33)38(51-39)30-46-26-32-14-6-2-7-15-32/h2-25,38-42H,26-31H2,1H3/t38-,39+,40-,41+,42+/m1/s1. The van der Waals surface area contributed by atoms with Gasteiger partial charge in [-0.25, -0.2) is 4.79 Å². The molecule has 5 atom stereocenters. The van der Waals surface area contributed by atoms with Crippen molar-refractivity contribution in [3.63, 3.8) is 0 Å². The van der Waals surface area contributed by atoms with E-state index >= 15 is 0 Å². The molecule has 8 nitrogen and oxygen atoms in total. The van der Waals surface area contributed by atoms with Crippen molar-refractivity contribution in [1.82, 2.24) is 0 Å². The highest BCUT2D eigenvalue weighted by molar-refractivity contribution is 5.89. The van der Waals surface area contributed by atoms with E-state index in [4.69, 9.17) is 33.2 Å². The van der Waals surface area contributed by atoms with Crippen molar-refractivity contribution < 1.29 is 38.0 Å². The van der Waals surface area contributed by atoms with E-state index in [1.807, 2.05) is 121 Å². The fourth-order valence-electron chi connectivity index (χ4n) is 6.00. The fourth-order valence-corrected chi connectivity index (χ4v) is 6.00. The van der Waals surface area contributed by atoms with Gasteiger partial charge in [0.15, 0.2) is 0 Å². The van der Waals surface area contributed by atoms with E-state index in [9.17, 15) is 4.79 Å². The highest BCUT2D eigenvalue weighted by Crippen LogP contribution is 2.32. The molecule has 5 aromatic rings. The Morgan fingerprint density at radius 2 is 0.922 bits per heavy atom. The van der Waals surface area contributed by atoms with Crippen molar-refractivity contribution in [2.45, 2.75) is 56.9 Å². The second-order valence-corrected chi connectivity index (χ2v) is 12.3. The van der Waals surface area contributed by atoms with Gasteiger partial charge in [0, 0.05) is 0 Å². The van der Waals surface area contributed by atoms with E-state index in [0.717, 1.165) is 22.3 Å². The van der Waals surface area contributed by atoms with E-state index in [1.54, 1.807) is 24.3 Å². The van der Waals surface area contributed by atoms with Crippen LogP contribution >= 0.6 is 0 Å². The Morgan fingerprint density at radius 3 is 1.37 bits per heavy atom. The topological polar surface area (TPSA) is 81.7 Å². The van der Waals surface area contributed by atoms with E-state index in [2.05, 4.69) is 0 Å². The van der Waals surface area contributed by atoms with Crippen LogP contribution in [-0.4, -0.2) is 56.8 Å². The molecule has 1 saturated heterocycles. The van der Waals surface area contributed by atoms with Gasteiger partial charge in [-0.2, -0.15) is 0 Å². The van der Waals surface area contributed by atoms with Crippen LogP contribution in [0.5, 0.6) is 5.75 Å². The molecular formula is C43H44O8. The summed E-state index contributed by atoms with van der Waals surface area (Å²) in [5, 5.41) is 0. The first-order valence-electron chi connectivity index (χ1n) is 17.2. The summed E-state index contributed by atoms with van der Waals surface area (Å²) >= 11 is 0. The molecule has 0 radical (unpaired) electrons. The van der Waals surface area contributed by atoms with Crippen LogP contribution in [-0.2, 0) is 54.8 Å². The molecule has 0 N–H and O–H groups in total. The summed E-state index contributed by atoms with van der Waals surface area (Å²) < 4.78 is 44.6. The molecule has 1 fully saturated rings. The number of esters is 1. The molecule has 51 heavy (non-hydrogen) atoms. The monoisotopic (exact) mass is 688 g/mol. The predicted octanol–water partition coefficient (Wildman–Crippen LogP) is 7.59. The summed E-state index contributed by atoms with van der Waals surface area (Å²) in [4.78, 5) is 12.0. The number of ether oxygens (including phenoxy) is 7. The minimum absolute atomic E-state index is 0.156. The number of methoxy groups -OCH3 is 1. The van der Waals surface area contributed by atoms with Crippen LogP contribution in [0, 0.1) is 0 Å². The molecule has 0 aromatic heterocycles. The lowest BCUT2D eigenvalue weighted by atomic mass is 9.94. The minimum atomic E-state index is -0.575. The van der Waals surface area contributed by atoms with Crippen LogP contribution in [0.4, 0.5) is 0 Å². The van der Waals surface area contributed by atoms with E-state index < -0.39 is 36.5 Å². The summed E-state index contributed by atoms with van der Waals surface area (Å²) in [5.74, 6) is 0.166. The average Bonchev–Trinajstić information content (AvgIpc) is 3.19. The number of carbonyl (C=O) groups excluding carboxylic acids is 1. The zero-order chi connectivity index (χ0) is 35.1. The van der Waals surface area contributed by atoms with Crippen molar-refractivity contribution >= 4 is 5.97 Å². The molecule has 0 saturated carbocycles. The lowest BCUT2D eigenvalue weighted by Gasteiger charge is -2.46. The third-order valence-electron chi connectivity index (χ3n) is 8.67. The zero-order valence-electron chi connectivity index (χ0n) is 28.8. The molecule has 8 heteroatoms. The molecule has 5 aromatic carbocycles. The second kappa shape index (κ2) is 19.0. The Morgan fingerprint density at radius 1 is 0.510 bits per heavy atom. The minimum Gasteiger partial charge on any atom is -0.491 e. The van der Waals surface area contributed by atoms with Gasteiger partial charge in [0.25, 0.3) is 0 Å². The molecule has 0 amide bonds. The van der Waals surface area contributed by atoms with Crippen LogP contribution in [0.15, 0.2) is 146 Å². The van der Waals surface area contributed by atoms with E-state index in [0.29, 0.717) is 37.7 Å². The van der Waals surface area contributed by atoms with Crippen molar-refractivity contribution in [2.75, 3.05) is 20.3 Å². The molecule has 1 aliphatic rings. The first-order chi connectivity index (χ1) is 25.2. The van der Waals surface area contributed by atoms with Gasteiger partial charge in [-0.15, -0.1) is 0 Å². The van der Waals surface area contributed by atoms with Crippen LogP contribution in [0.1, 0.15) is 32.6 Å². The third-order valence-corrected chi connectivity index (χ3v) is 8.67. The quantitative estimate of drug-likeness (QED) is 0.0925. The first-order valence-corrected chi connectivity index (χ1v) is 17.2. The maximum Gasteiger partial charge on any atom is 0.337 e. The molecular weight excluding hydrogens is 644 g/mol. The third kappa shape index (κ3) is 10.6. The average molecular weight is 689 g/mol. The Bertz CT molecular complexity index is 1720. The Labute approximate surface area is 299 Å². The number of carbonyl (C=O) groups is 1. The van der Waals surface area contributed by atoms with Gasteiger partial charge >= 0.3 is 5.97 Å². The van der Waals surface area contributed by atoms with Crippen LogP contribution in [0.3, 0.4) is 0 Å². The fraction of sp³-hybridized carbons (Fsp3) is 0.279. The Hall–Kier alpha value is -4.83. The maximum atomic E-state index is 12.0. The highest BCUT2D eigenvalue weighted by Gasteiger charge is 2.48. The normalized spacial score (nSPS) is 20.1. The summed E-state index contributed by atoms with van der Waals surface area (Å²) in [6.07, 6.45) is -2.73. The van der Waals surface area contributed by atoms with E-state index in [1.165, 1.54) is 7.11 Å². The number of rotatable bonds is 17. The molecule has 0 aliphatic carbocycles. The molecule has 0 bridgehead atoms. The largest absolute Gasteiger partial charge is 0.491 e. The van der Waals surface area contributed by atoms with Crippen molar-refractivity contribution in [3.05, 3.63) is 173 Å². The van der Waals surface area contributed by atoms with E-state index in [-0.39, 0.29) is 13.2 Å². The van der Waals surface area contributed by atoms with Crippen LogP contribution in [0.25, 0.3) is 0 Å². The zero-order valence-corrected chi connectivity index (χ0v) is 28.8. The number of benzene rings is 5. The van der Waals surface area contributed by atoms with Crippen molar-refractivity contribution in [3.8, 4) is 5.75 Å². The van der Waals surface area contributed by atoms with Gasteiger partial charge in [-0.1, -0.05) is 121 Å². The van der Waals surface area contributed by atoms with Gasteiger partial charge in [-0.05, 0) is 46.5 Å². The summed E-state index contributed by atoms with van der Waals surface area (Å²) in [6.45, 7) is 1.88. The summed E-state index contributed by atoms with van der Waals surface area (Å²) in [6, 6.07) is 47.0. The second-order valence-electron chi connectivity index (χ2n) is 12.3. The summed E-state index contributed by atoms with van der Waals surface area (Å²) in [7, 11) is 1.36. The first kappa shape index (κ1) is 36.0. The van der Waals surface area contributed by atoms with Crippen LogP contribution < -0.4 is 4.74 Å². The van der Waals surface area contributed by atoms with Crippen LogP contribution in [0.2, 0.25) is 0 Å². The lowest BCUT2D eigenvalue weighted by molar-refractivity contribution is -0.276. The molecule has 0 unspecified atom stereocenters. The highest BCUT2D eigenvalue weighted by atomic mass is 16.6.